The molecule has 0 spiro atoms. The van der Waals surface area contributed by atoms with Crippen LogP contribution in [0.15, 0.2) is 79.8 Å². The van der Waals surface area contributed by atoms with Crippen molar-refractivity contribution in [2.24, 2.45) is 0 Å². The molecule has 49 heavy (non-hydrogen) atoms. The number of aromatic nitrogens is 10. The van der Waals surface area contributed by atoms with Crippen LogP contribution in [0, 0.1) is 5.82 Å². The molecule has 1 saturated heterocycles. The summed E-state index contributed by atoms with van der Waals surface area (Å²) in [6.07, 6.45) is 7.07. The lowest BCUT2D eigenvalue weighted by atomic mass is 10.0. The highest BCUT2D eigenvalue weighted by molar-refractivity contribution is 6.31. The van der Waals surface area contributed by atoms with E-state index in [9.17, 15) is 18.0 Å². The number of nitrogens with zero attached hydrogens (tertiary/aromatic N) is 10. The quantitative estimate of drug-likeness (QED) is 0.169. The second-order valence-corrected chi connectivity index (χ2v) is 11.9. The van der Waals surface area contributed by atoms with Gasteiger partial charge in [0, 0.05) is 49.0 Å². The predicted octanol–water partition coefficient (Wildman–Crippen LogP) is 5.33. The van der Waals surface area contributed by atoms with Crippen molar-refractivity contribution in [2.45, 2.75) is 38.0 Å². The molecule has 0 radical (unpaired) electrons. The maximum atomic E-state index is 15.5. The summed E-state index contributed by atoms with van der Waals surface area (Å²) in [5.41, 5.74) is 1.43. The van der Waals surface area contributed by atoms with Gasteiger partial charge >= 0.3 is 6.18 Å². The number of hydrogen-bond acceptors (Lipinski definition) is 7. The van der Waals surface area contributed by atoms with Crippen LogP contribution < -0.4 is 4.68 Å². The van der Waals surface area contributed by atoms with Crippen LogP contribution in [-0.2, 0) is 12.7 Å². The van der Waals surface area contributed by atoms with Crippen LogP contribution in [0.5, 0.6) is 0 Å². The lowest BCUT2D eigenvalue weighted by molar-refractivity contribution is -0.659. The first kappa shape index (κ1) is 32.1. The first-order valence-corrected chi connectivity index (χ1v) is 15.7. The molecule has 6 heterocycles. The molecule has 1 atom stereocenters. The Balaban J connectivity index is 1.24. The Hall–Kier alpha value is -5.51. The second-order valence-electron chi connectivity index (χ2n) is 11.5. The fourth-order valence-electron chi connectivity index (χ4n) is 5.81. The minimum Gasteiger partial charge on any atom is -0.337 e. The van der Waals surface area contributed by atoms with Crippen molar-refractivity contribution in [2.75, 3.05) is 13.1 Å². The van der Waals surface area contributed by atoms with E-state index < -0.39 is 23.7 Å². The molecule has 7 rings (SSSR count). The summed E-state index contributed by atoms with van der Waals surface area (Å²) in [6.45, 7) is 1.52. The van der Waals surface area contributed by atoms with Gasteiger partial charge in [-0.3, -0.25) is 24.1 Å². The van der Waals surface area contributed by atoms with Gasteiger partial charge in [-0.15, -0.1) is 4.68 Å². The summed E-state index contributed by atoms with van der Waals surface area (Å²) in [4.78, 5) is 23.0. The number of halogens is 5. The number of carbonyl (C=O) groups excluding carboxylic acids is 1. The molecular formula is C32H27ClF4N11O+. The number of piperidine rings is 1. The van der Waals surface area contributed by atoms with Crippen LogP contribution in [0.25, 0.3) is 27.9 Å². The van der Waals surface area contributed by atoms with Gasteiger partial charge in [0.15, 0.2) is 11.0 Å². The van der Waals surface area contributed by atoms with Crippen LogP contribution in [0.4, 0.5) is 17.6 Å². The Morgan fingerprint density at radius 3 is 2.57 bits per heavy atom. The number of tetrazole rings is 1. The molecule has 12 nitrogen and oxygen atoms in total. The fourth-order valence-corrected chi connectivity index (χ4v) is 5.97. The van der Waals surface area contributed by atoms with Gasteiger partial charge in [-0.2, -0.15) is 23.4 Å². The SMILES string of the molecule is O=C(c1ccn(C[C@H](c2ccc(-c3c(-[n+]4cnn[nH]4)ccc(Cl)c3F)cn2)n2cc(-c3ccnc(C(F)(F)F)c3)cn2)n1)N1CCCCC1. The number of pyridine rings is 2. The van der Waals surface area contributed by atoms with Crippen LogP contribution in [0.1, 0.15) is 47.2 Å². The number of hydrogen-bond donors (Lipinski definition) is 1. The van der Waals surface area contributed by atoms with Gasteiger partial charge in [-0.05, 0) is 61.2 Å². The molecular weight excluding hydrogens is 666 g/mol. The monoisotopic (exact) mass is 692 g/mol. The van der Waals surface area contributed by atoms with E-state index in [0.29, 0.717) is 41.3 Å². The van der Waals surface area contributed by atoms with E-state index in [4.69, 9.17) is 11.6 Å². The van der Waals surface area contributed by atoms with Gasteiger partial charge in [0.2, 0.25) is 0 Å². The summed E-state index contributed by atoms with van der Waals surface area (Å²) in [6, 6.07) is 9.85. The van der Waals surface area contributed by atoms with Crippen LogP contribution >= 0.6 is 11.6 Å². The molecule has 250 valence electrons. The van der Waals surface area contributed by atoms with E-state index in [1.807, 2.05) is 0 Å². The standard InChI is InChI=1S/C32H26ClF4N11O/c33-23-5-7-26(48-19-40-43-44-48)29(30(23)34)21-4-6-24(39-15-21)27(18-46-13-9-25(42-46)31(49)45-11-2-1-3-12-45)47-17-22(16-41-47)20-8-10-38-28(14-20)32(35,36)37/h4-10,13-17,19,27H,1-3,11-12,18H2/p+1/t27-/m1/s1. The summed E-state index contributed by atoms with van der Waals surface area (Å²) in [5, 5.41) is 19.1. The Kier molecular flexibility index (Phi) is 8.62. The molecule has 1 amide bonds. The van der Waals surface area contributed by atoms with Crippen LogP contribution in [-0.4, -0.2) is 69.0 Å². The van der Waals surface area contributed by atoms with E-state index in [1.54, 1.807) is 50.9 Å². The summed E-state index contributed by atoms with van der Waals surface area (Å²) in [7, 11) is 0. The summed E-state index contributed by atoms with van der Waals surface area (Å²) < 4.78 is 60.2. The molecule has 5 aromatic heterocycles. The smallest absolute Gasteiger partial charge is 0.337 e. The van der Waals surface area contributed by atoms with Gasteiger partial charge in [0.05, 0.1) is 29.0 Å². The van der Waals surface area contributed by atoms with Crippen molar-refractivity contribution in [3.63, 3.8) is 0 Å². The van der Waals surface area contributed by atoms with Crippen LogP contribution in [0.2, 0.25) is 5.02 Å². The zero-order valence-corrected chi connectivity index (χ0v) is 26.4. The topological polar surface area (TPSA) is 127 Å². The van der Waals surface area contributed by atoms with Crippen LogP contribution in [0.3, 0.4) is 0 Å². The predicted molar refractivity (Wildman–Crippen MR) is 167 cm³/mol. The molecule has 0 unspecified atom stereocenters. The van der Waals surface area contributed by atoms with Gasteiger partial charge in [-0.25, -0.2) is 4.39 Å². The Bertz CT molecular complexity index is 2090. The molecule has 0 bridgehead atoms. The average molecular weight is 693 g/mol. The number of H-pyrrole nitrogens is 1. The fraction of sp³-hybridized carbons (Fsp3) is 0.250. The van der Waals surface area contributed by atoms with Gasteiger partial charge < -0.3 is 4.90 Å². The third kappa shape index (κ3) is 6.63. The van der Waals surface area contributed by atoms with Crippen molar-refractivity contribution in [3.05, 3.63) is 108 Å². The van der Waals surface area contributed by atoms with E-state index in [0.717, 1.165) is 31.5 Å². The molecule has 17 heteroatoms. The zero-order valence-electron chi connectivity index (χ0n) is 25.6. The number of aromatic amines is 1. The van der Waals surface area contributed by atoms with Gasteiger partial charge in [0.25, 0.3) is 12.2 Å². The normalized spacial score (nSPS) is 14.3. The van der Waals surface area contributed by atoms with E-state index >= 15 is 4.39 Å². The number of alkyl halides is 3. The third-order valence-corrected chi connectivity index (χ3v) is 8.59. The van der Waals surface area contributed by atoms with E-state index in [2.05, 4.69) is 35.7 Å². The third-order valence-electron chi connectivity index (χ3n) is 8.29. The largest absolute Gasteiger partial charge is 0.433 e. The number of benzene rings is 1. The first-order valence-electron chi connectivity index (χ1n) is 15.3. The first-order chi connectivity index (χ1) is 23.7. The number of nitrogens with one attached hydrogen (secondary N) is 1. The maximum absolute atomic E-state index is 15.5. The van der Waals surface area contributed by atoms with Crippen molar-refractivity contribution in [1.82, 2.24) is 50.0 Å². The number of carbonyl (C=O) groups is 1. The van der Waals surface area contributed by atoms with Crippen molar-refractivity contribution in [3.8, 4) is 27.9 Å². The molecule has 1 aliphatic heterocycles. The molecule has 1 N–H and O–H groups in total. The summed E-state index contributed by atoms with van der Waals surface area (Å²) >= 11 is 6.15. The second kappa shape index (κ2) is 13.2. The number of likely N-dealkylation sites (tertiary alicyclic amines) is 1. The van der Waals surface area contributed by atoms with Gasteiger partial charge in [-0.1, -0.05) is 22.9 Å². The van der Waals surface area contributed by atoms with Crippen molar-refractivity contribution in [1.29, 1.82) is 0 Å². The minimum absolute atomic E-state index is 0.0868. The lowest BCUT2D eigenvalue weighted by Crippen LogP contribution is -2.35. The highest BCUT2D eigenvalue weighted by Gasteiger charge is 2.33. The van der Waals surface area contributed by atoms with Gasteiger partial charge in [0.1, 0.15) is 28.2 Å². The van der Waals surface area contributed by atoms with Crippen molar-refractivity contribution >= 4 is 17.5 Å². The lowest BCUT2D eigenvalue weighted by Gasteiger charge is -2.25. The molecule has 1 fully saturated rings. The molecule has 1 aliphatic rings. The van der Waals surface area contributed by atoms with E-state index in [1.165, 1.54) is 35.5 Å². The number of rotatable bonds is 8. The Morgan fingerprint density at radius 1 is 1.00 bits per heavy atom. The molecule has 1 aromatic carbocycles. The molecule has 6 aromatic rings. The van der Waals surface area contributed by atoms with E-state index in [-0.39, 0.29) is 28.6 Å². The number of amides is 1. The zero-order chi connectivity index (χ0) is 34.1. The van der Waals surface area contributed by atoms with Crippen molar-refractivity contribution < 1.29 is 27.0 Å². The highest BCUT2D eigenvalue weighted by Crippen LogP contribution is 2.33. The summed E-state index contributed by atoms with van der Waals surface area (Å²) in [5.74, 6) is -0.816. The Morgan fingerprint density at radius 2 is 1.84 bits per heavy atom. The average Bonchev–Trinajstić information content (AvgIpc) is 3.92. The minimum atomic E-state index is -4.61. The Labute approximate surface area is 281 Å². The molecule has 0 saturated carbocycles. The maximum Gasteiger partial charge on any atom is 0.433 e. The molecule has 0 aliphatic carbocycles. The highest BCUT2D eigenvalue weighted by atomic mass is 35.5.